The molecule has 0 fully saturated rings. The fourth-order valence-corrected chi connectivity index (χ4v) is 2.69. The van der Waals surface area contributed by atoms with Crippen molar-refractivity contribution in [3.63, 3.8) is 0 Å². The van der Waals surface area contributed by atoms with Crippen LogP contribution in [0.5, 0.6) is 0 Å². The Bertz CT molecular complexity index is 777. The van der Waals surface area contributed by atoms with Crippen LogP contribution in [0.25, 0.3) is 0 Å². The first-order valence-corrected chi connectivity index (χ1v) is 9.64. The van der Waals surface area contributed by atoms with Crippen molar-refractivity contribution in [3.05, 3.63) is 53.9 Å². The molecule has 0 saturated heterocycles. The lowest BCUT2D eigenvalue weighted by molar-refractivity contribution is 0.102. The van der Waals surface area contributed by atoms with Crippen molar-refractivity contribution in [2.75, 3.05) is 11.1 Å². The first-order valence-electron chi connectivity index (χ1n) is 9.64. The summed E-state index contributed by atoms with van der Waals surface area (Å²) in [6.45, 7) is 4.45. The Balaban J connectivity index is 1.80. The van der Waals surface area contributed by atoms with Crippen LogP contribution in [-0.4, -0.2) is 23.0 Å². The number of nitrogens with zero attached hydrogens (tertiary/aromatic N) is 1. The van der Waals surface area contributed by atoms with Gasteiger partial charge in [0, 0.05) is 12.2 Å². The molecule has 0 saturated carbocycles. The minimum Gasteiger partial charge on any atom is -0.397 e. The first-order chi connectivity index (χ1) is 13.5. The highest BCUT2D eigenvalue weighted by Gasteiger charge is 2.10. The number of para-hydroxylation sites is 2. The lowest BCUT2D eigenvalue weighted by Gasteiger charge is -2.14. The molecule has 0 spiro atoms. The maximum atomic E-state index is 12.3. The zero-order valence-electron chi connectivity index (χ0n) is 16.5. The summed E-state index contributed by atoms with van der Waals surface area (Å²) in [6.07, 6.45) is 5.90. The highest BCUT2D eigenvalue weighted by atomic mass is 16.2. The average molecular weight is 383 g/mol. The van der Waals surface area contributed by atoms with Crippen LogP contribution < -0.4 is 21.7 Å². The highest BCUT2D eigenvalue weighted by Crippen LogP contribution is 2.17. The third-order valence-corrected chi connectivity index (χ3v) is 4.34. The maximum Gasteiger partial charge on any atom is 0.315 e. The van der Waals surface area contributed by atoms with E-state index < -0.39 is 0 Å². The van der Waals surface area contributed by atoms with Crippen molar-refractivity contribution in [2.24, 2.45) is 0 Å². The minimum atomic E-state index is -0.288. The predicted molar refractivity (Wildman–Crippen MR) is 112 cm³/mol. The van der Waals surface area contributed by atoms with Crippen LogP contribution in [0.1, 0.15) is 55.6 Å². The number of carbonyl (C=O) groups excluding carboxylic acids is 2. The van der Waals surface area contributed by atoms with Gasteiger partial charge >= 0.3 is 6.03 Å². The summed E-state index contributed by atoms with van der Waals surface area (Å²) in [6, 6.07) is 10.4. The number of rotatable bonds is 9. The van der Waals surface area contributed by atoms with Crippen LogP contribution in [-0.2, 0) is 6.54 Å². The van der Waals surface area contributed by atoms with Gasteiger partial charge in [-0.1, -0.05) is 38.3 Å². The van der Waals surface area contributed by atoms with E-state index in [-0.39, 0.29) is 18.0 Å². The molecule has 150 valence electrons. The van der Waals surface area contributed by atoms with E-state index in [9.17, 15) is 9.59 Å². The molecular formula is C21H29N5O2. The summed E-state index contributed by atoms with van der Waals surface area (Å²) in [5.74, 6) is -0.288. The van der Waals surface area contributed by atoms with Crippen LogP contribution in [0.2, 0.25) is 0 Å². The number of urea groups is 1. The van der Waals surface area contributed by atoms with Gasteiger partial charge in [-0.25, -0.2) is 4.79 Å². The summed E-state index contributed by atoms with van der Waals surface area (Å²) in [4.78, 5) is 28.5. The second-order valence-electron chi connectivity index (χ2n) is 6.80. The van der Waals surface area contributed by atoms with Gasteiger partial charge in [-0.05, 0) is 37.6 Å². The Hall–Kier alpha value is -3.09. The normalized spacial score (nSPS) is 11.5. The van der Waals surface area contributed by atoms with E-state index in [1.807, 2.05) is 6.92 Å². The quantitative estimate of drug-likeness (QED) is 0.391. The highest BCUT2D eigenvalue weighted by molar-refractivity contribution is 6.05. The van der Waals surface area contributed by atoms with Crippen LogP contribution in [0.4, 0.5) is 16.2 Å². The fraction of sp³-hybridized carbons (Fsp3) is 0.381. The molecule has 2 rings (SSSR count). The van der Waals surface area contributed by atoms with Gasteiger partial charge in [0.25, 0.3) is 5.91 Å². The smallest absolute Gasteiger partial charge is 0.315 e. The summed E-state index contributed by atoms with van der Waals surface area (Å²) >= 11 is 0. The molecule has 1 aromatic carbocycles. The van der Waals surface area contributed by atoms with Crippen LogP contribution in [0.3, 0.4) is 0 Å². The molecule has 7 heteroatoms. The molecule has 28 heavy (non-hydrogen) atoms. The van der Waals surface area contributed by atoms with Gasteiger partial charge < -0.3 is 21.7 Å². The predicted octanol–water partition coefficient (Wildman–Crippen LogP) is 3.68. The molecule has 1 atom stereocenters. The number of amides is 3. The van der Waals surface area contributed by atoms with Gasteiger partial charge in [-0.2, -0.15) is 0 Å². The van der Waals surface area contributed by atoms with E-state index in [0.717, 1.165) is 19.3 Å². The Labute approximate surface area is 166 Å². The maximum absolute atomic E-state index is 12.3. The van der Waals surface area contributed by atoms with E-state index in [1.165, 1.54) is 12.6 Å². The molecule has 1 heterocycles. The van der Waals surface area contributed by atoms with Gasteiger partial charge in [-0.15, -0.1) is 0 Å². The lowest BCUT2D eigenvalue weighted by Crippen LogP contribution is -2.40. The van der Waals surface area contributed by atoms with E-state index >= 15 is 0 Å². The molecule has 7 nitrogen and oxygen atoms in total. The molecule has 0 aliphatic rings. The number of hydrogen-bond donors (Lipinski definition) is 4. The number of unbranched alkanes of at least 4 members (excludes halogenated alkanes) is 2. The Morgan fingerprint density at radius 2 is 1.93 bits per heavy atom. The number of pyridine rings is 1. The van der Waals surface area contributed by atoms with Crippen molar-refractivity contribution in [2.45, 2.75) is 52.1 Å². The number of anilines is 2. The molecular weight excluding hydrogens is 354 g/mol. The van der Waals surface area contributed by atoms with Crippen molar-refractivity contribution >= 4 is 23.3 Å². The number of aromatic nitrogens is 1. The number of nitrogens with two attached hydrogens (primary N) is 1. The van der Waals surface area contributed by atoms with Gasteiger partial charge in [0.05, 0.1) is 29.2 Å². The Morgan fingerprint density at radius 1 is 1.14 bits per heavy atom. The third-order valence-electron chi connectivity index (χ3n) is 4.34. The van der Waals surface area contributed by atoms with E-state index in [2.05, 4.69) is 27.9 Å². The SMILES string of the molecule is CCCCCC(C)NC(=O)NCc1ccc(C(=O)Nc2ccccc2N)cn1. The van der Waals surface area contributed by atoms with Gasteiger partial charge in [0.1, 0.15) is 0 Å². The molecule has 0 radical (unpaired) electrons. The molecule has 1 unspecified atom stereocenters. The minimum absolute atomic E-state index is 0.135. The summed E-state index contributed by atoms with van der Waals surface area (Å²) in [5.41, 5.74) is 7.98. The average Bonchev–Trinajstić information content (AvgIpc) is 2.68. The van der Waals surface area contributed by atoms with Crippen molar-refractivity contribution < 1.29 is 9.59 Å². The second kappa shape index (κ2) is 10.9. The van der Waals surface area contributed by atoms with E-state index in [1.54, 1.807) is 36.4 Å². The summed E-state index contributed by atoms with van der Waals surface area (Å²) in [7, 11) is 0. The Kier molecular flexibility index (Phi) is 8.27. The lowest BCUT2D eigenvalue weighted by atomic mass is 10.1. The molecule has 5 N–H and O–H groups in total. The molecule has 0 aliphatic heterocycles. The number of nitrogens with one attached hydrogen (secondary N) is 3. The largest absolute Gasteiger partial charge is 0.397 e. The zero-order valence-corrected chi connectivity index (χ0v) is 16.5. The topological polar surface area (TPSA) is 109 Å². The molecule has 2 aromatic rings. The summed E-state index contributed by atoms with van der Waals surface area (Å²) < 4.78 is 0. The molecule has 0 bridgehead atoms. The number of nitrogen functional groups attached to an aromatic ring is 1. The van der Waals surface area contributed by atoms with Gasteiger partial charge in [0.2, 0.25) is 0 Å². The monoisotopic (exact) mass is 383 g/mol. The van der Waals surface area contributed by atoms with Gasteiger partial charge in [-0.3, -0.25) is 9.78 Å². The van der Waals surface area contributed by atoms with Gasteiger partial charge in [0.15, 0.2) is 0 Å². The summed E-state index contributed by atoms with van der Waals surface area (Å²) in [5, 5.41) is 8.46. The zero-order chi connectivity index (χ0) is 20.4. The molecule has 3 amide bonds. The van der Waals surface area contributed by atoms with E-state index in [4.69, 9.17) is 5.73 Å². The second-order valence-corrected chi connectivity index (χ2v) is 6.80. The van der Waals surface area contributed by atoms with Crippen LogP contribution in [0.15, 0.2) is 42.6 Å². The number of carbonyl (C=O) groups is 2. The Morgan fingerprint density at radius 3 is 2.61 bits per heavy atom. The first kappa shape index (κ1) is 21.2. The van der Waals surface area contributed by atoms with Crippen LogP contribution >= 0.6 is 0 Å². The van der Waals surface area contributed by atoms with E-state index in [0.29, 0.717) is 29.2 Å². The fourth-order valence-electron chi connectivity index (χ4n) is 2.69. The standard InChI is InChI=1S/C21H29N5O2/c1-3-4-5-8-15(2)25-21(28)24-14-17-12-11-16(13-23-17)20(27)26-19-10-7-6-9-18(19)22/h6-7,9-13,15H,3-5,8,14,22H2,1-2H3,(H,26,27)(H2,24,25,28). The molecule has 1 aromatic heterocycles. The van der Waals surface area contributed by atoms with Crippen LogP contribution in [0, 0.1) is 0 Å². The number of benzene rings is 1. The van der Waals surface area contributed by atoms with Crippen molar-refractivity contribution in [1.29, 1.82) is 0 Å². The van der Waals surface area contributed by atoms with Crippen molar-refractivity contribution in [3.8, 4) is 0 Å². The number of hydrogen-bond acceptors (Lipinski definition) is 4. The van der Waals surface area contributed by atoms with Crippen molar-refractivity contribution in [1.82, 2.24) is 15.6 Å². The molecule has 0 aliphatic carbocycles. The third kappa shape index (κ3) is 6.90.